The number of nitrogens with zero attached hydrogens (tertiary/aromatic N) is 4. The van der Waals surface area contributed by atoms with E-state index in [1.54, 1.807) is 33.6 Å². The molecular weight excluding hydrogens is 687 g/mol. The quantitative estimate of drug-likeness (QED) is 0.134. The summed E-state index contributed by atoms with van der Waals surface area (Å²) < 4.78 is 15.3. The number of benzene rings is 1. The molecule has 2 atom stereocenters. The summed E-state index contributed by atoms with van der Waals surface area (Å²) in [4.78, 5) is 51.1. The van der Waals surface area contributed by atoms with Crippen LogP contribution in [0.15, 0.2) is 53.9 Å². The molecule has 2 N–H and O–H groups in total. The van der Waals surface area contributed by atoms with Crippen LogP contribution in [0.1, 0.15) is 49.9 Å². The van der Waals surface area contributed by atoms with Crippen LogP contribution in [-0.2, 0) is 23.9 Å². The monoisotopic (exact) mass is 750 g/mol. The lowest BCUT2D eigenvalue weighted by Crippen LogP contribution is -2.48. The van der Waals surface area contributed by atoms with E-state index in [2.05, 4.69) is 49.2 Å². The first kappa shape index (κ1) is 48.2. The van der Waals surface area contributed by atoms with Gasteiger partial charge in [-0.25, -0.2) is 0 Å². The third kappa shape index (κ3) is 17.1. The molecule has 2 radical (unpaired) electrons. The second-order valence-electron chi connectivity index (χ2n) is 13.4. The highest BCUT2D eigenvalue weighted by Crippen LogP contribution is 2.28. The zero-order valence-corrected chi connectivity index (χ0v) is 33.8. The van der Waals surface area contributed by atoms with Crippen LogP contribution >= 0.6 is 0 Å². The third-order valence-electron chi connectivity index (χ3n) is 9.33. The van der Waals surface area contributed by atoms with Crippen molar-refractivity contribution in [2.24, 2.45) is 5.92 Å². The van der Waals surface area contributed by atoms with Gasteiger partial charge in [-0.05, 0) is 122 Å². The van der Waals surface area contributed by atoms with Crippen LogP contribution in [0.25, 0.3) is 10.9 Å². The van der Waals surface area contributed by atoms with E-state index in [0.717, 1.165) is 100 Å². The first-order valence-corrected chi connectivity index (χ1v) is 18.4. The molecule has 2 aliphatic heterocycles. The van der Waals surface area contributed by atoms with Crippen molar-refractivity contribution in [1.82, 2.24) is 30.2 Å². The number of likely N-dealkylation sites (tertiary alicyclic amines) is 1. The number of allylic oxidation sites excluding steroid dienone is 2. The lowest BCUT2D eigenvalue weighted by Gasteiger charge is -2.32. The fourth-order valence-electron chi connectivity index (χ4n) is 6.18. The van der Waals surface area contributed by atoms with Crippen molar-refractivity contribution >= 4 is 43.5 Å². The van der Waals surface area contributed by atoms with Crippen LogP contribution in [0.3, 0.4) is 0 Å². The molecule has 3 heterocycles. The molecule has 1 aromatic heterocycles. The summed E-state index contributed by atoms with van der Waals surface area (Å²) in [7, 11) is 16.6. The number of aromatic nitrogens is 1. The summed E-state index contributed by atoms with van der Waals surface area (Å²) in [5, 5.41) is 6.92. The normalized spacial score (nSPS) is 19.7. The number of fused-ring (bicyclic) bond motifs is 1. The molecule has 2 saturated heterocycles. The minimum absolute atomic E-state index is 0.194. The number of hydrogen-bond donors (Lipinski definition) is 2. The second-order valence-corrected chi connectivity index (χ2v) is 13.4. The Morgan fingerprint density at radius 3 is 2.26 bits per heavy atom. The van der Waals surface area contributed by atoms with E-state index in [1.165, 1.54) is 5.57 Å². The molecule has 5 rings (SSSR count). The zero-order chi connectivity index (χ0) is 40.4. The van der Waals surface area contributed by atoms with Crippen molar-refractivity contribution in [3.05, 3.63) is 59.5 Å². The molecule has 0 spiro atoms. The molecule has 0 bridgehead atoms. The highest BCUT2D eigenvalue weighted by Gasteiger charge is 2.39. The van der Waals surface area contributed by atoms with Crippen LogP contribution in [0.2, 0.25) is 0 Å². The van der Waals surface area contributed by atoms with Crippen LogP contribution in [0.4, 0.5) is 0 Å². The first-order valence-electron chi connectivity index (χ1n) is 18.4. The molecule has 2 fully saturated rings. The van der Waals surface area contributed by atoms with Gasteiger partial charge in [0.05, 0.1) is 31.3 Å². The molecule has 2 aromatic rings. The number of likely N-dealkylation sites (N-methyl/N-ethyl adjacent to an activating group) is 2. The van der Waals surface area contributed by atoms with E-state index < -0.39 is 0 Å². The summed E-state index contributed by atoms with van der Waals surface area (Å²) in [6.45, 7) is 12.3. The maximum Gasteiger partial charge on any atom is 0.182 e. The van der Waals surface area contributed by atoms with Crippen molar-refractivity contribution in [2.75, 3.05) is 101 Å². The predicted molar refractivity (Wildman–Crippen MR) is 216 cm³/mol. The van der Waals surface area contributed by atoms with Crippen molar-refractivity contribution in [1.29, 1.82) is 0 Å². The third-order valence-corrected chi connectivity index (χ3v) is 9.33. The van der Waals surface area contributed by atoms with Crippen molar-refractivity contribution in [2.45, 2.75) is 45.1 Å². The molecule has 1 aliphatic carbocycles. The highest BCUT2D eigenvalue weighted by molar-refractivity contribution is 6.09. The number of ether oxygens (including phenoxy) is 3. The van der Waals surface area contributed by atoms with Crippen molar-refractivity contribution in [3.63, 3.8) is 0 Å². The highest BCUT2D eigenvalue weighted by atomic mass is 16.5. The number of pyridine rings is 1. The van der Waals surface area contributed by atoms with E-state index in [9.17, 15) is 9.59 Å². The minimum atomic E-state index is -0.205. The van der Waals surface area contributed by atoms with Gasteiger partial charge in [0.25, 0.3) is 0 Å². The Morgan fingerprint density at radius 1 is 1.04 bits per heavy atom. The van der Waals surface area contributed by atoms with Crippen LogP contribution in [0, 0.1) is 5.92 Å². The van der Waals surface area contributed by atoms with E-state index in [1.807, 2.05) is 51.1 Å². The topological polar surface area (TPSA) is 143 Å². The Bertz CT molecular complexity index is 1460. The van der Waals surface area contributed by atoms with Gasteiger partial charge in [0.15, 0.2) is 32.6 Å². The number of aldehydes is 3. The van der Waals surface area contributed by atoms with Gasteiger partial charge in [-0.1, -0.05) is 6.08 Å². The Morgan fingerprint density at radius 2 is 1.72 bits per heavy atom. The summed E-state index contributed by atoms with van der Waals surface area (Å²) in [6, 6.07) is 7.39. The van der Waals surface area contributed by atoms with E-state index >= 15 is 0 Å². The van der Waals surface area contributed by atoms with Crippen molar-refractivity contribution < 1.29 is 33.4 Å². The van der Waals surface area contributed by atoms with Gasteiger partial charge in [0.2, 0.25) is 0 Å². The van der Waals surface area contributed by atoms with E-state index in [0.29, 0.717) is 30.4 Å². The van der Waals surface area contributed by atoms with E-state index in [4.69, 9.17) is 27.0 Å². The average molecular weight is 751 g/mol. The molecule has 3 aliphatic rings. The first-order chi connectivity index (χ1) is 26.0. The summed E-state index contributed by atoms with van der Waals surface area (Å²) >= 11 is 0. The molecule has 13 nitrogen and oxygen atoms in total. The van der Waals surface area contributed by atoms with Gasteiger partial charge in [-0.3, -0.25) is 29.1 Å². The Hall–Kier alpha value is -3.79. The van der Waals surface area contributed by atoms with Crippen LogP contribution < -0.4 is 15.4 Å². The fraction of sp³-hybridized carbons (Fsp3) is 0.575. The molecular formula is C40H63BN6O7. The van der Waals surface area contributed by atoms with Gasteiger partial charge >= 0.3 is 0 Å². The van der Waals surface area contributed by atoms with Gasteiger partial charge in [-0.2, -0.15) is 0 Å². The van der Waals surface area contributed by atoms with Crippen LogP contribution in [-0.4, -0.2) is 159 Å². The number of nitrogens with one attached hydrogen (secondary N) is 2. The largest absolute Gasteiger partial charge is 0.497 e. The molecule has 0 saturated carbocycles. The van der Waals surface area contributed by atoms with Gasteiger partial charge < -0.3 is 34.6 Å². The second kappa shape index (κ2) is 27.7. The van der Waals surface area contributed by atoms with Gasteiger partial charge in [0.1, 0.15) is 11.5 Å². The fourth-order valence-corrected chi connectivity index (χ4v) is 6.18. The number of hydrogen-bond acceptors (Lipinski definition) is 13. The average Bonchev–Trinajstić information content (AvgIpc) is 3.53. The number of ketones is 1. The van der Waals surface area contributed by atoms with Gasteiger partial charge in [0, 0.05) is 57.5 Å². The smallest absolute Gasteiger partial charge is 0.182 e. The number of carbonyl (C=O) groups excluding carboxylic acids is 4. The number of rotatable bonds is 13. The molecule has 0 amide bonds. The summed E-state index contributed by atoms with van der Waals surface area (Å²) in [5.41, 5.74) is 2.49. The maximum atomic E-state index is 11.7. The zero-order valence-electron chi connectivity index (χ0n) is 33.8. The SMILES string of the molecule is CNCC(=O)[C@@]1(C)CCCN1C.CNCC1C=C(C)C(OC)=CC1.COC.O=CC=O.[B]N1CCN(CCCOc2ccc3nccc(C=O)c3c2)CC1. The number of carbonyl (C=O) groups is 4. The molecule has 14 heteroatoms. The van der Waals surface area contributed by atoms with Crippen molar-refractivity contribution in [3.8, 4) is 5.75 Å². The number of Topliss-reactive ketones (excluding diaryl/α,β-unsaturated/α-hetero) is 1. The molecule has 1 aromatic carbocycles. The predicted octanol–water partition coefficient (Wildman–Crippen LogP) is 3.13. The Kier molecular flexibility index (Phi) is 24.8. The van der Waals surface area contributed by atoms with Crippen LogP contribution in [0.5, 0.6) is 5.75 Å². The minimum Gasteiger partial charge on any atom is -0.497 e. The lowest BCUT2D eigenvalue weighted by atomic mass is 9.93. The molecule has 1 unspecified atom stereocenters. The number of methoxy groups -OCH3 is 2. The lowest BCUT2D eigenvalue weighted by molar-refractivity contribution is -0.127. The Labute approximate surface area is 324 Å². The maximum absolute atomic E-state index is 11.7. The summed E-state index contributed by atoms with van der Waals surface area (Å²) in [5.74, 6) is 2.75. The standard InChI is InChI=1S/C17H20BN3O2.C10H17NO.C9H18N2O.C2H2O2.C2H6O/c18-21-9-7-20(8-10-21)6-1-11-23-15-2-3-17-16(12-15)14(13-22)4-5-19-17;1-8-6-9(7-11-2)4-5-10(8)12-3;1-9(8(12)7-10-2)5-4-6-11(9)3;3-1-2-4;1-3-2/h2-5,12-13H,1,6-11H2;5-6,9,11H,4,7H2,1-3H3;10H,4-7H2,1-3H3;1-2H;1-2H3/t;;9-;;/m..1../s1. The number of piperazine rings is 1. The molecule has 54 heavy (non-hydrogen) atoms. The molecule has 298 valence electrons. The summed E-state index contributed by atoms with van der Waals surface area (Å²) in [6.07, 6.45) is 11.5. The Balaban J connectivity index is 0.000000399. The van der Waals surface area contributed by atoms with Gasteiger partial charge in [-0.15, -0.1) is 0 Å². The van der Waals surface area contributed by atoms with E-state index in [-0.39, 0.29) is 18.1 Å².